The Balaban J connectivity index is 2.05. The van der Waals surface area contributed by atoms with E-state index in [2.05, 4.69) is 24.3 Å². The topological polar surface area (TPSA) is 83.6 Å². The van der Waals surface area contributed by atoms with Crippen LogP contribution in [-0.2, 0) is 0 Å². The summed E-state index contributed by atoms with van der Waals surface area (Å²) in [6.45, 7) is 1.76. The molecule has 0 unspecified atom stereocenters. The minimum Gasteiger partial charge on any atom is -0.319 e. The number of carbonyl (C=O) groups is 1. The first-order valence-electron chi connectivity index (χ1n) is 5.49. The van der Waals surface area contributed by atoms with E-state index in [1.54, 1.807) is 6.92 Å². The molecule has 2 aromatic heterocycles. The van der Waals surface area contributed by atoms with Crippen LogP contribution in [0.5, 0.6) is 0 Å². The monoisotopic (exact) mass is 327 g/mol. The highest BCUT2D eigenvalue weighted by Gasteiger charge is 2.18. The molecular formula is C11H7Cl2N5OS. The summed E-state index contributed by atoms with van der Waals surface area (Å²) in [6.07, 6.45) is 1.45. The fourth-order valence-electron chi connectivity index (χ4n) is 1.75. The normalized spacial score (nSPS) is 10.9. The van der Waals surface area contributed by atoms with E-state index in [9.17, 15) is 4.79 Å². The molecule has 0 aliphatic rings. The molecule has 0 aliphatic carbocycles. The number of nitrogens with zero attached hydrogens (tertiary/aromatic N) is 3. The molecule has 9 heteroatoms. The van der Waals surface area contributed by atoms with Gasteiger partial charge >= 0.3 is 0 Å². The standard InChI is InChI=1S/C11H7Cl2N5OS/c1-4-5(3-14-16-4)11(19)15-8-6(12)2-7(13)9-10(8)18-20-17-9/h2-3H,1H3,(H,14,16)(H,15,19). The average Bonchev–Trinajstić information content (AvgIpc) is 3.02. The van der Waals surface area contributed by atoms with Crippen LogP contribution in [0.3, 0.4) is 0 Å². The number of hydrogen-bond donors (Lipinski definition) is 2. The summed E-state index contributed by atoms with van der Waals surface area (Å²) in [5.74, 6) is -0.324. The number of aromatic nitrogens is 4. The summed E-state index contributed by atoms with van der Waals surface area (Å²) in [7, 11) is 0. The van der Waals surface area contributed by atoms with Gasteiger partial charge in [-0.2, -0.15) is 13.8 Å². The number of benzene rings is 1. The molecular weight excluding hydrogens is 321 g/mol. The molecule has 0 bridgehead atoms. The molecule has 0 fully saturated rings. The van der Waals surface area contributed by atoms with Crippen LogP contribution in [0.4, 0.5) is 5.69 Å². The van der Waals surface area contributed by atoms with Gasteiger partial charge in [0.15, 0.2) is 0 Å². The molecule has 3 rings (SSSR count). The quantitative estimate of drug-likeness (QED) is 0.756. The first-order chi connectivity index (χ1) is 9.58. The fourth-order valence-corrected chi connectivity index (χ4v) is 2.91. The lowest BCUT2D eigenvalue weighted by molar-refractivity contribution is 0.102. The van der Waals surface area contributed by atoms with Crippen LogP contribution in [0.15, 0.2) is 12.3 Å². The lowest BCUT2D eigenvalue weighted by Gasteiger charge is -2.07. The number of carbonyl (C=O) groups excluding carboxylic acids is 1. The van der Waals surface area contributed by atoms with Crippen molar-refractivity contribution in [1.82, 2.24) is 18.9 Å². The van der Waals surface area contributed by atoms with Crippen LogP contribution in [0.25, 0.3) is 11.0 Å². The van der Waals surface area contributed by atoms with E-state index in [4.69, 9.17) is 23.2 Å². The van der Waals surface area contributed by atoms with E-state index < -0.39 is 0 Å². The number of hydrogen-bond acceptors (Lipinski definition) is 5. The van der Waals surface area contributed by atoms with E-state index in [0.29, 0.717) is 38.0 Å². The highest BCUT2D eigenvalue weighted by molar-refractivity contribution is 7.00. The summed E-state index contributed by atoms with van der Waals surface area (Å²) >= 11 is 13.2. The Morgan fingerprint density at radius 3 is 2.75 bits per heavy atom. The molecule has 3 aromatic rings. The summed E-state index contributed by atoms with van der Waals surface area (Å²) in [6, 6.07) is 1.53. The predicted molar refractivity (Wildman–Crippen MR) is 78.7 cm³/mol. The van der Waals surface area contributed by atoms with Crippen LogP contribution in [0.2, 0.25) is 10.0 Å². The second kappa shape index (κ2) is 5.01. The van der Waals surface area contributed by atoms with E-state index >= 15 is 0 Å². The molecule has 0 spiro atoms. The van der Waals surface area contributed by atoms with Crippen molar-refractivity contribution in [2.75, 3.05) is 5.32 Å². The second-order valence-corrected chi connectivity index (χ2v) is 5.38. The Bertz CT molecular complexity index is 812. The molecule has 20 heavy (non-hydrogen) atoms. The van der Waals surface area contributed by atoms with Crippen molar-refractivity contribution in [3.05, 3.63) is 33.6 Å². The van der Waals surface area contributed by atoms with Crippen LogP contribution >= 0.6 is 34.9 Å². The largest absolute Gasteiger partial charge is 0.319 e. The number of amides is 1. The van der Waals surface area contributed by atoms with E-state index in [1.807, 2.05) is 0 Å². The Hall–Kier alpha value is -1.70. The SMILES string of the molecule is Cc1[nH]ncc1C(=O)Nc1c(Cl)cc(Cl)c2nsnc12. The average molecular weight is 328 g/mol. The Morgan fingerprint density at radius 1 is 1.30 bits per heavy atom. The van der Waals surface area contributed by atoms with Gasteiger partial charge in [0.1, 0.15) is 11.0 Å². The number of H-pyrrole nitrogens is 1. The maximum absolute atomic E-state index is 12.2. The third-order valence-electron chi connectivity index (χ3n) is 2.76. The third-order valence-corrected chi connectivity index (χ3v) is 3.87. The van der Waals surface area contributed by atoms with Crippen molar-refractivity contribution >= 4 is 57.6 Å². The molecule has 6 nitrogen and oxygen atoms in total. The number of fused-ring (bicyclic) bond motifs is 1. The van der Waals surface area contributed by atoms with Gasteiger partial charge in [0.25, 0.3) is 5.91 Å². The molecule has 2 N–H and O–H groups in total. The van der Waals surface area contributed by atoms with Gasteiger partial charge in [-0.15, -0.1) is 0 Å². The fraction of sp³-hybridized carbons (Fsp3) is 0.0909. The lowest BCUT2D eigenvalue weighted by Crippen LogP contribution is -2.13. The Kier molecular flexibility index (Phi) is 3.33. The van der Waals surface area contributed by atoms with Crippen molar-refractivity contribution in [2.24, 2.45) is 0 Å². The Morgan fingerprint density at radius 2 is 2.05 bits per heavy atom. The second-order valence-electron chi connectivity index (χ2n) is 4.04. The summed E-state index contributed by atoms with van der Waals surface area (Å²) in [5, 5.41) is 9.94. The predicted octanol–water partition coefficient (Wildman–Crippen LogP) is 3.28. The maximum Gasteiger partial charge on any atom is 0.259 e. The number of rotatable bonds is 2. The molecule has 0 saturated carbocycles. The van der Waals surface area contributed by atoms with Gasteiger partial charge in [-0.25, -0.2) is 0 Å². The molecule has 0 atom stereocenters. The van der Waals surface area contributed by atoms with Crippen molar-refractivity contribution in [2.45, 2.75) is 6.92 Å². The molecule has 1 aromatic carbocycles. The van der Waals surface area contributed by atoms with E-state index in [0.717, 1.165) is 11.7 Å². The van der Waals surface area contributed by atoms with Crippen LogP contribution in [0.1, 0.15) is 16.1 Å². The molecule has 102 valence electrons. The van der Waals surface area contributed by atoms with Crippen molar-refractivity contribution in [3.8, 4) is 0 Å². The number of nitrogens with one attached hydrogen (secondary N) is 2. The van der Waals surface area contributed by atoms with E-state index in [-0.39, 0.29) is 5.91 Å². The number of halogens is 2. The van der Waals surface area contributed by atoms with Crippen LogP contribution in [-0.4, -0.2) is 24.9 Å². The molecule has 1 amide bonds. The highest BCUT2D eigenvalue weighted by atomic mass is 35.5. The van der Waals surface area contributed by atoms with Gasteiger partial charge < -0.3 is 5.32 Å². The van der Waals surface area contributed by atoms with Crippen molar-refractivity contribution in [1.29, 1.82) is 0 Å². The van der Waals surface area contributed by atoms with Gasteiger partial charge in [0.05, 0.1) is 39.2 Å². The molecule has 0 radical (unpaired) electrons. The Labute approximate surface area is 127 Å². The summed E-state index contributed by atoms with van der Waals surface area (Å²) < 4.78 is 8.20. The van der Waals surface area contributed by atoms with Crippen molar-refractivity contribution < 1.29 is 4.79 Å². The lowest BCUT2D eigenvalue weighted by atomic mass is 10.2. The molecule has 0 saturated heterocycles. The van der Waals surface area contributed by atoms with Crippen LogP contribution < -0.4 is 5.32 Å². The number of aromatic amines is 1. The molecule has 0 aliphatic heterocycles. The molecule has 2 heterocycles. The maximum atomic E-state index is 12.2. The van der Waals surface area contributed by atoms with Gasteiger partial charge in [0.2, 0.25) is 0 Å². The van der Waals surface area contributed by atoms with Gasteiger partial charge in [-0.1, -0.05) is 23.2 Å². The highest BCUT2D eigenvalue weighted by Crippen LogP contribution is 2.35. The number of aryl methyl sites for hydroxylation is 1. The first kappa shape index (κ1) is 13.3. The third kappa shape index (κ3) is 2.13. The zero-order chi connectivity index (χ0) is 14.3. The van der Waals surface area contributed by atoms with Crippen molar-refractivity contribution in [3.63, 3.8) is 0 Å². The smallest absolute Gasteiger partial charge is 0.259 e. The van der Waals surface area contributed by atoms with Gasteiger partial charge in [-0.3, -0.25) is 9.89 Å². The first-order valence-corrected chi connectivity index (χ1v) is 6.98. The summed E-state index contributed by atoms with van der Waals surface area (Å²) in [5.41, 5.74) is 2.49. The number of anilines is 1. The van der Waals surface area contributed by atoms with E-state index in [1.165, 1.54) is 12.3 Å². The van der Waals surface area contributed by atoms with Gasteiger partial charge in [0, 0.05) is 5.69 Å². The van der Waals surface area contributed by atoms with Gasteiger partial charge in [-0.05, 0) is 13.0 Å². The van der Waals surface area contributed by atoms with Crippen LogP contribution in [0, 0.1) is 6.92 Å². The minimum atomic E-state index is -0.324. The summed E-state index contributed by atoms with van der Waals surface area (Å²) in [4.78, 5) is 12.2. The zero-order valence-electron chi connectivity index (χ0n) is 10.1. The zero-order valence-corrected chi connectivity index (χ0v) is 12.4. The minimum absolute atomic E-state index is 0.310.